The summed E-state index contributed by atoms with van der Waals surface area (Å²) in [5, 5.41) is 2.87. The molecule has 1 amide bonds. The Labute approximate surface area is 142 Å². The number of nitrogens with one attached hydrogen (secondary N) is 1. The summed E-state index contributed by atoms with van der Waals surface area (Å²) in [5.41, 5.74) is 3.29. The minimum Gasteiger partial charge on any atom is -0.496 e. The van der Waals surface area contributed by atoms with Gasteiger partial charge in [-0.3, -0.25) is 4.79 Å². The van der Waals surface area contributed by atoms with Crippen LogP contribution in [0.1, 0.15) is 23.1 Å². The molecule has 0 fully saturated rings. The minimum absolute atomic E-state index is 0.00924. The fraction of sp³-hybridized carbons (Fsp3) is 0.250. The topological polar surface area (TPSA) is 47.6 Å². The molecule has 1 N–H and O–H groups in total. The van der Waals surface area contributed by atoms with Gasteiger partial charge in [0.05, 0.1) is 7.11 Å². The van der Waals surface area contributed by atoms with Crippen LogP contribution in [-0.2, 0) is 17.8 Å². The van der Waals surface area contributed by atoms with Gasteiger partial charge < -0.3 is 14.8 Å². The number of allylic oxidation sites excluding steroid dienone is 1. The van der Waals surface area contributed by atoms with E-state index in [2.05, 4.69) is 23.5 Å². The van der Waals surface area contributed by atoms with Gasteiger partial charge in [0, 0.05) is 17.7 Å². The largest absolute Gasteiger partial charge is 0.496 e. The van der Waals surface area contributed by atoms with E-state index in [1.165, 1.54) is 11.1 Å². The molecule has 0 saturated heterocycles. The lowest BCUT2D eigenvalue weighted by Gasteiger charge is -2.16. The third kappa shape index (κ3) is 3.77. The molecule has 24 heavy (non-hydrogen) atoms. The predicted molar refractivity (Wildman–Crippen MR) is 94.1 cm³/mol. The Hall–Kier alpha value is -2.75. The van der Waals surface area contributed by atoms with Gasteiger partial charge in [-0.1, -0.05) is 42.5 Å². The average molecular weight is 323 g/mol. The number of hydrogen-bond acceptors (Lipinski definition) is 3. The van der Waals surface area contributed by atoms with Gasteiger partial charge in [0.15, 0.2) is 6.61 Å². The fourth-order valence-corrected chi connectivity index (χ4v) is 2.82. The Morgan fingerprint density at radius 1 is 1.12 bits per heavy atom. The molecule has 1 aliphatic rings. The molecule has 124 valence electrons. The molecule has 0 radical (unpaired) electrons. The van der Waals surface area contributed by atoms with Crippen molar-refractivity contribution in [1.82, 2.24) is 5.32 Å². The minimum atomic E-state index is -0.148. The smallest absolute Gasteiger partial charge is 0.258 e. The van der Waals surface area contributed by atoms with E-state index in [9.17, 15) is 4.79 Å². The lowest BCUT2D eigenvalue weighted by molar-refractivity contribution is -0.123. The number of hydrogen-bond donors (Lipinski definition) is 1. The maximum atomic E-state index is 12.1. The summed E-state index contributed by atoms with van der Waals surface area (Å²) in [6.45, 7) is 0.428. The summed E-state index contributed by atoms with van der Waals surface area (Å²) in [6.07, 6.45) is 6.22. The summed E-state index contributed by atoms with van der Waals surface area (Å²) < 4.78 is 11.0. The third-order valence-electron chi connectivity index (χ3n) is 4.05. The summed E-state index contributed by atoms with van der Waals surface area (Å²) >= 11 is 0. The van der Waals surface area contributed by atoms with E-state index in [4.69, 9.17) is 9.47 Å². The van der Waals surface area contributed by atoms with Gasteiger partial charge in [-0.25, -0.2) is 0 Å². The summed E-state index contributed by atoms with van der Waals surface area (Å²) in [7, 11) is 1.62. The molecule has 1 aliphatic carbocycles. The van der Waals surface area contributed by atoms with Crippen LogP contribution in [0.2, 0.25) is 0 Å². The zero-order valence-corrected chi connectivity index (χ0v) is 13.7. The summed E-state index contributed by atoms with van der Waals surface area (Å²) in [6, 6.07) is 13.6. The molecule has 0 atom stereocenters. The molecule has 0 saturated carbocycles. The number of benzene rings is 2. The maximum absolute atomic E-state index is 12.1. The van der Waals surface area contributed by atoms with Gasteiger partial charge in [0.1, 0.15) is 11.5 Å². The van der Waals surface area contributed by atoms with Crippen molar-refractivity contribution >= 4 is 12.0 Å². The number of methoxy groups -OCH3 is 1. The van der Waals surface area contributed by atoms with Crippen LogP contribution < -0.4 is 14.8 Å². The SMILES string of the molecule is COc1ccccc1CNC(=O)COc1cccc2c1CCC=C2. The Bertz CT molecular complexity index is 752. The molecule has 0 spiro atoms. The highest BCUT2D eigenvalue weighted by Crippen LogP contribution is 2.28. The third-order valence-corrected chi connectivity index (χ3v) is 4.05. The van der Waals surface area contributed by atoms with Gasteiger partial charge in [0.2, 0.25) is 0 Å². The molecule has 4 heteroatoms. The molecule has 4 nitrogen and oxygen atoms in total. The quantitative estimate of drug-likeness (QED) is 0.887. The Morgan fingerprint density at radius 2 is 1.96 bits per heavy atom. The highest BCUT2D eigenvalue weighted by atomic mass is 16.5. The Balaban J connectivity index is 1.56. The van der Waals surface area contributed by atoms with Gasteiger partial charge in [0.25, 0.3) is 5.91 Å². The van der Waals surface area contributed by atoms with Crippen LogP contribution in [0, 0.1) is 0 Å². The Morgan fingerprint density at radius 3 is 2.83 bits per heavy atom. The number of ether oxygens (including phenoxy) is 2. The molecule has 0 bridgehead atoms. The first kappa shape index (κ1) is 16.1. The molecule has 0 aliphatic heterocycles. The number of fused-ring (bicyclic) bond motifs is 1. The van der Waals surface area contributed by atoms with Crippen molar-refractivity contribution in [2.75, 3.05) is 13.7 Å². The summed E-state index contributed by atoms with van der Waals surface area (Å²) in [4.78, 5) is 12.1. The molecular formula is C20H21NO3. The van der Waals surface area contributed by atoms with E-state index in [1.54, 1.807) is 7.11 Å². The lowest BCUT2D eigenvalue weighted by atomic mass is 9.97. The maximum Gasteiger partial charge on any atom is 0.258 e. The molecule has 0 heterocycles. The first-order valence-electron chi connectivity index (χ1n) is 8.08. The first-order valence-corrected chi connectivity index (χ1v) is 8.08. The number of carbonyl (C=O) groups excluding carboxylic acids is 1. The van der Waals surface area contributed by atoms with E-state index < -0.39 is 0 Å². The van der Waals surface area contributed by atoms with Gasteiger partial charge in [-0.15, -0.1) is 0 Å². The van der Waals surface area contributed by atoms with Crippen molar-refractivity contribution in [2.24, 2.45) is 0 Å². The van der Waals surface area contributed by atoms with Crippen molar-refractivity contribution in [3.8, 4) is 11.5 Å². The van der Waals surface area contributed by atoms with E-state index >= 15 is 0 Å². The summed E-state index contributed by atoms with van der Waals surface area (Å²) in [5.74, 6) is 1.41. The molecule has 0 unspecified atom stereocenters. The van der Waals surface area contributed by atoms with Crippen LogP contribution in [0.3, 0.4) is 0 Å². The highest BCUT2D eigenvalue weighted by molar-refractivity contribution is 5.77. The zero-order chi connectivity index (χ0) is 16.8. The van der Waals surface area contributed by atoms with Gasteiger partial charge in [-0.05, 0) is 30.5 Å². The predicted octanol–water partition coefficient (Wildman–Crippen LogP) is 3.35. The lowest BCUT2D eigenvalue weighted by Crippen LogP contribution is -2.28. The monoisotopic (exact) mass is 323 g/mol. The van der Waals surface area contributed by atoms with E-state index in [1.807, 2.05) is 36.4 Å². The zero-order valence-electron chi connectivity index (χ0n) is 13.7. The van der Waals surface area contributed by atoms with Crippen LogP contribution in [0.25, 0.3) is 6.08 Å². The number of para-hydroxylation sites is 1. The second-order valence-corrected chi connectivity index (χ2v) is 5.64. The van der Waals surface area contributed by atoms with Crippen molar-refractivity contribution in [1.29, 1.82) is 0 Å². The van der Waals surface area contributed by atoms with E-state index in [0.717, 1.165) is 29.9 Å². The van der Waals surface area contributed by atoms with E-state index in [0.29, 0.717) is 6.54 Å². The number of amides is 1. The second-order valence-electron chi connectivity index (χ2n) is 5.64. The van der Waals surface area contributed by atoms with E-state index in [-0.39, 0.29) is 12.5 Å². The number of rotatable bonds is 6. The van der Waals surface area contributed by atoms with Crippen LogP contribution in [-0.4, -0.2) is 19.6 Å². The Kier molecular flexibility index (Phi) is 5.16. The van der Waals surface area contributed by atoms with Crippen molar-refractivity contribution < 1.29 is 14.3 Å². The van der Waals surface area contributed by atoms with Crippen LogP contribution >= 0.6 is 0 Å². The highest BCUT2D eigenvalue weighted by Gasteiger charge is 2.12. The van der Waals surface area contributed by atoms with Gasteiger partial charge in [-0.2, -0.15) is 0 Å². The molecule has 3 rings (SSSR count). The standard InChI is InChI=1S/C20H21NO3/c1-23-18-11-5-3-8-16(18)13-21-20(22)14-24-19-12-6-9-15-7-2-4-10-17(15)19/h2-3,5-9,11-12H,4,10,13-14H2,1H3,(H,21,22). The van der Waals surface area contributed by atoms with Crippen LogP contribution in [0.15, 0.2) is 48.5 Å². The normalized spacial score (nSPS) is 12.4. The second kappa shape index (κ2) is 7.68. The fourth-order valence-electron chi connectivity index (χ4n) is 2.82. The molecule has 2 aromatic carbocycles. The molecule has 0 aromatic heterocycles. The van der Waals surface area contributed by atoms with Gasteiger partial charge >= 0.3 is 0 Å². The van der Waals surface area contributed by atoms with Crippen LogP contribution in [0.4, 0.5) is 0 Å². The molecular weight excluding hydrogens is 302 g/mol. The average Bonchev–Trinajstić information content (AvgIpc) is 2.64. The molecule has 2 aromatic rings. The van der Waals surface area contributed by atoms with Crippen molar-refractivity contribution in [3.05, 3.63) is 65.2 Å². The van der Waals surface area contributed by atoms with Crippen molar-refractivity contribution in [3.63, 3.8) is 0 Å². The first-order chi connectivity index (χ1) is 11.8. The van der Waals surface area contributed by atoms with Crippen LogP contribution in [0.5, 0.6) is 11.5 Å². The van der Waals surface area contributed by atoms with Crippen molar-refractivity contribution in [2.45, 2.75) is 19.4 Å². The number of carbonyl (C=O) groups is 1.